The van der Waals surface area contributed by atoms with Gasteiger partial charge in [-0.05, 0) is 18.2 Å². The minimum Gasteiger partial charge on any atom is -0.381 e. The van der Waals surface area contributed by atoms with Gasteiger partial charge in [0.2, 0.25) is 0 Å². The second-order valence-electron chi connectivity index (χ2n) is 6.67. The summed E-state index contributed by atoms with van der Waals surface area (Å²) in [6, 6.07) is 11.2. The molecular formula is C21H18FN3O4. The fraction of sp³-hybridized carbons (Fsp3) is 0.238. The molecule has 0 radical (unpaired) electrons. The van der Waals surface area contributed by atoms with Gasteiger partial charge in [-0.2, -0.15) is 5.26 Å². The van der Waals surface area contributed by atoms with E-state index in [0.29, 0.717) is 28.7 Å². The van der Waals surface area contributed by atoms with E-state index in [1.54, 1.807) is 36.4 Å². The van der Waals surface area contributed by atoms with E-state index in [2.05, 4.69) is 5.32 Å². The number of halogens is 1. The van der Waals surface area contributed by atoms with Crippen molar-refractivity contribution in [3.05, 3.63) is 64.5 Å². The first-order chi connectivity index (χ1) is 13.9. The number of amides is 1. The molecule has 8 heteroatoms. The maximum atomic E-state index is 14.3. The molecule has 1 heterocycles. The van der Waals surface area contributed by atoms with Crippen molar-refractivity contribution in [3.63, 3.8) is 0 Å². The molecule has 148 valence electrons. The minimum atomic E-state index is -2.08. The van der Waals surface area contributed by atoms with Crippen molar-refractivity contribution in [3.8, 4) is 6.07 Å². The molecule has 0 bridgehead atoms. The molecule has 2 N–H and O–H groups in total. The molecule has 0 spiro atoms. The van der Waals surface area contributed by atoms with Crippen LogP contribution in [0.3, 0.4) is 0 Å². The Kier molecular flexibility index (Phi) is 5.71. The zero-order valence-corrected chi connectivity index (χ0v) is 15.4. The largest absolute Gasteiger partial charge is 0.381 e. The first-order valence-corrected chi connectivity index (χ1v) is 8.92. The molecule has 1 unspecified atom stereocenters. The summed E-state index contributed by atoms with van der Waals surface area (Å²) < 4.78 is 14.3. The second-order valence-corrected chi connectivity index (χ2v) is 6.67. The molecule has 0 saturated carbocycles. The third kappa shape index (κ3) is 3.73. The van der Waals surface area contributed by atoms with Gasteiger partial charge in [0.1, 0.15) is 18.2 Å². The number of nitrogens with zero attached hydrogens (tertiary/aromatic N) is 2. The molecule has 1 aliphatic heterocycles. The summed E-state index contributed by atoms with van der Waals surface area (Å²) in [4.78, 5) is 35.9. The lowest BCUT2D eigenvalue weighted by atomic mass is 10.1. The first-order valence-electron chi connectivity index (χ1n) is 8.92. The van der Waals surface area contributed by atoms with E-state index in [-0.39, 0.29) is 37.8 Å². The maximum absolute atomic E-state index is 14.3. The van der Waals surface area contributed by atoms with E-state index in [1.165, 1.54) is 6.07 Å². The number of aldehydes is 2. The van der Waals surface area contributed by atoms with Crippen LogP contribution in [0, 0.1) is 17.1 Å². The lowest BCUT2D eigenvalue weighted by Gasteiger charge is -2.31. The molecule has 1 aliphatic rings. The van der Waals surface area contributed by atoms with Crippen LogP contribution in [0.4, 0.5) is 10.1 Å². The second kappa shape index (κ2) is 8.20. The van der Waals surface area contributed by atoms with Crippen molar-refractivity contribution >= 4 is 24.2 Å². The minimum absolute atomic E-state index is 0.0356. The van der Waals surface area contributed by atoms with Crippen LogP contribution in [0.15, 0.2) is 36.4 Å². The molecule has 0 aromatic heterocycles. The Morgan fingerprint density at radius 3 is 2.72 bits per heavy atom. The highest BCUT2D eigenvalue weighted by atomic mass is 19.1. The van der Waals surface area contributed by atoms with Gasteiger partial charge in [0, 0.05) is 41.8 Å². The monoisotopic (exact) mass is 395 g/mol. The Bertz CT molecular complexity index is 1020. The summed E-state index contributed by atoms with van der Waals surface area (Å²) in [6.07, 6.45) is 0.554. The molecule has 29 heavy (non-hydrogen) atoms. The molecule has 2 aromatic rings. The number of anilines is 1. The van der Waals surface area contributed by atoms with Crippen LogP contribution in [0.2, 0.25) is 0 Å². The number of nitriles is 1. The standard InChI is InChI=1S/C21H18FN3O4/c22-19-14(10-23)4-1-5-15(19)11-24-18-7-2-6-16-17(18)12-25(20(16)28)21(29,13-27)8-3-9-26/h1-2,4-7,9,13,24,29H,3,8,11-12H2. The molecule has 0 fully saturated rings. The van der Waals surface area contributed by atoms with Gasteiger partial charge in [0.15, 0.2) is 12.0 Å². The highest BCUT2D eigenvalue weighted by molar-refractivity contribution is 6.01. The van der Waals surface area contributed by atoms with Gasteiger partial charge in [0.25, 0.3) is 5.91 Å². The number of benzene rings is 2. The van der Waals surface area contributed by atoms with Gasteiger partial charge in [-0.25, -0.2) is 4.39 Å². The predicted molar refractivity (Wildman–Crippen MR) is 101 cm³/mol. The van der Waals surface area contributed by atoms with Gasteiger partial charge in [-0.3, -0.25) is 14.5 Å². The summed E-state index contributed by atoms with van der Waals surface area (Å²) in [5.74, 6) is -1.14. The number of aliphatic hydroxyl groups is 1. The Morgan fingerprint density at radius 1 is 1.28 bits per heavy atom. The summed E-state index contributed by atoms with van der Waals surface area (Å²) in [5, 5.41) is 22.6. The fourth-order valence-corrected chi connectivity index (χ4v) is 3.33. The highest BCUT2D eigenvalue weighted by Gasteiger charge is 2.43. The normalized spacial score (nSPS) is 14.7. The summed E-state index contributed by atoms with van der Waals surface area (Å²) in [5.41, 5.74) is -0.438. The maximum Gasteiger partial charge on any atom is 0.257 e. The number of hydrogen-bond acceptors (Lipinski definition) is 6. The van der Waals surface area contributed by atoms with Crippen molar-refractivity contribution in [1.82, 2.24) is 4.90 Å². The summed E-state index contributed by atoms with van der Waals surface area (Å²) >= 11 is 0. The van der Waals surface area contributed by atoms with E-state index in [4.69, 9.17) is 5.26 Å². The predicted octanol–water partition coefficient (Wildman–Crippen LogP) is 2.13. The molecule has 7 nitrogen and oxygen atoms in total. The third-order valence-electron chi connectivity index (χ3n) is 4.92. The quantitative estimate of drug-likeness (QED) is 0.663. The summed E-state index contributed by atoms with van der Waals surface area (Å²) in [6.45, 7) is 0.0429. The zero-order chi connectivity index (χ0) is 21.0. The molecule has 0 saturated heterocycles. The van der Waals surface area contributed by atoms with Crippen LogP contribution in [0.25, 0.3) is 0 Å². The molecule has 0 aliphatic carbocycles. The van der Waals surface area contributed by atoms with Crippen LogP contribution >= 0.6 is 0 Å². The van der Waals surface area contributed by atoms with Crippen molar-refractivity contribution in [2.24, 2.45) is 0 Å². The highest BCUT2D eigenvalue weighted by Crippen LogP contribution is 2.34. The lowest BCUT2D eigenvalue weighted by Crippen LogP contribution is -2.50. The lowest BCUT2D eigenvalue weighted by molar-refractivity contribution is -0.144. The van der Waals surface area contributed by atoms with E-state index in [0.717, 1.165) is 4.90 Å². The number of hydrogen-bond donors (Lipinski definition) is 2. The molecule has 1 atom stereocenters. The van der Waals surface area contributed by atoms with Crippen LogP contribution in [0.1, 0.15) is 39.9 Å². The van der Waals surface area contributed by atoms with Gasteiger partial charge in [0.05, 0.1) is 12.1 Å². The van der Waals surface area contributed by atoms with Gasteiger partial charge in [-0.15, -0.1) is 0 Å². The average molecular weight is 395 g/mol. The van der Waals surface area contributed by atoms with E-state index < -0.39 is 17.4 Å². The smallest absolute Gasteiger partial charge is 0.257 e. The summed E-state index contributed by atoms with van der Waals surface area (Å²) in [7, 11) is 0. The molecule has 2 aromatic carbocycles. The van der Waals surface area contributed by atoms with Gasteiger partial charge >= 0.3 is 0 Å². The Hall–Kier alpha value is -3.57. The van der Waals surface area contributed by atoms with Crippen molar-refractivity contribution in [2.45, 2.75) is 31.7 Å². The first kappa shape index (κ1) is 20.2. The number of nitrogens with one attached hydrogen (secondary N) is 1. The molecule has 1 amide bonds. The third-order valence-corrected chi connectivity index (χ3v) is 4.92. The van der Waals surface area contributed by atoms with E-state index >= 15 is 0 Å². The Balaban J connectivity index is 1.85. The van der Waals surface area contributed by atoms with Crippen molar-refractivity contribution in [2.75, 3.05) is 5.32 Å². The van der Waals surface area contributed by atoms with Gasteiger partial charge in [-0.1, -0.05) is 18.2 Å². The van der Waals surface area contributed by atoms with Crippen LogP contribution in [-0.2, 0) is 22.7 Å². The van der Waals surface area contributed by atoms with Crippen molar-refractivity contribution < 1.29 is 23.9 Å². The number of carbonyl (C=O) groups excluding carboxylic acids is 3. The van der Waals surface area contributed by atoms with Crippen LogP contribution in [0.5, 0.6) is 0 Å². The number of carbonyl (C=O) groups is 3. The van der Waals surface area contributed by atoms with E-state index in [9.17, 15) is 23.9 Å². The average Bonchev–Trinajstić information content (AvgIpc) is 3.09. The Labute approximate surface area is 166 Å². The van der Waals surface area contributed by atoms with E-state index in [1.807, 2.05) is 0 Å². The fourth-order valence-electron chi connectivity index (χ4n) is 3.33. The molecular weight excluding hydrogens is 377 g/mol. The van der Waals surface area contributed by atoms with Crippen molar-refractivity contribution in [1.29, 1.82) is 5.26 Å². The topological polar surface area (TPSA) is 110 Å². The zero-order valence-electron chi connectivity index (χ0n) is 15.4. The van der Waals surface area contributed by atoms with Crippen LogP contribution < -0.4 is 5.32 Å². The SMILES string of the molecule is N#Cc1cccc(CNc2cccc3c2CN(C(O)(C=O)CCC=O)C3=O)c1F. The van der Waals surface area contributed by atoms with Crippen LogP contribution in [-0.4, -0.2) is 34.2 Å². The number of rotatable bonds is 8. The number of fused-ring (bicyclic) bond motifs is 1. The molecule has 3 rings (SSSR count). The Morgan fingerprint density at radius 2 is 2.03 bits per heavy atom. The van der Waals surface area contributed by atoms with Gasteiger partial charge < -0.3 is 15.2 Å².